The van der Waals surface area contributed by atoms with Crippen LogP contribution in [0, 0.1) is 11.2 Å². The third-order valence-corrected chi connectivity index (χ3v) is 5.09. The molecular weight excluding hydrogens is 343 g/mol. The zero-order valence-electron chi connectivity index (χ0n) is 15.6. The van der Waals surface area contributed by atoms with E-state index < -0.39 is 5.41 Å². The van der Waals surface area contributed by atoms with E-state index in [9.17, 15) is 14.0 Å². The average molecular weight is 368 g/mol. The molecule has 0 heterocycles. The Balaban J connectivity index is 1.56. The van der Waals surface area contributed by atoms with Gasteiger partial charge in [-0.25, -0.2) is 4.39 Å². The number of hydrogen-bond donors (Lipinski definition) is 1. The van der Waals surface area contributed by atoms with Crippen molar-refractivity contribution in [3.8, 4) is 0 Å². The normalized spacial score (nSPS) is 14.4. The Labute approximate surface area is 159 Å². The second-order valence-electron chi connectivity index (χ2n) is 7.02. The lowest BCUT2D eigenvalue weighted by Crippen LogP contribution is -2.45. The molecule has 0 aliphatic heterocycles. The molecule has 0 atom stereocenters. The molecule has 2 amide bonds. The molecule has 0 radical (unpaired) electrons. The quantitative estimate of drug-likeness (QED) is 0.727. The largest absolute Gasteiger partial charge is 0.355 e. The van der Waals surface area contributed by atoms with Gasteiger partial charge in [-0.15, -0.1) is 0 Å². The zero-order chi connectivity index (χ0) is 19.3. The molecule has 3 rings (SSSR count). The van der Waals surface area contributed by atoms with Gasteiger partial charge in [-0.2, -0.15) is 0 Å². The predicted molar refractivity (Wildman–Crippen MR) is 102 cm³/mol. The Kier molecular flexibility index (Phi) is 5.89. The van der Waals surface area contributed by atoms with E-state index in [1.165, 1.54) is 12.1 Å². The topological polar surface area (TPSA) is 49.4 Å². The summed E-state index contributed by atoms with van der Waals surface area (Å²) >= 11 is 0. The Morgan fingerprint density at radius 2 is 1.70 bits per heavy atom. The SMILES string of the molecule is CCN(Cc1ccccc1)C(=O)C1(C(=O)NCCc2ccc(F)cc2)CC1. The lowest BCUT2D eigenvalue weighted by Gasteiger charge is -2.26. The van der Waals surface area contributed by atoms with Crippen LogP contribution in [-0.2, 0) is 22.6 Å². The van der Waals surface area contributed by atoms with E-state index in [1.54, 1.807) is 17.0 Å². The summed E-state index contributed by atoms with van der Waals surface area (Å²) in [6.45, 7) is 3.45. The fourth-order valence-electron chi connectivity index (χ4n) is 3.24. The van der Waals surface area contributed by atoms with Crippen LogP contribution in [0.3, 0.4) is 0 Å². The van der Waals surface area contributed by atoms with Crippen molar-refractivity contribution in [2.24, 2.45) is 5.41 Å². The van der Waals surface area contributed by atoms with Gasteiger partial charge in [0.25, 0.3) is 0 Å². The predicted octanol–water partition coefficient (Wildman–Crippen LogP) is 3.31. The molecule has 5 heteroatoms. The fraction of sp³-hybridized carbons (Fsp3) is 0.364. The van der Waals surface area contributed by atoms with E-state index >= 15 is 0 Å². The second-order valence-corrected chi connectivity index (χ2v) is 7.02. The van der Waals surface area contributed by atoms with Gasteiger partial charge in [0.15, 0.2) is 0 Å². The van der Waals surface area contributed by atoms with Crippen molar-refractivity contribution in [3.63, 3.8) is 0 Å². The summed E-state index contributed by atoms with van der Waals surface area (Å²) in [6.07, 6.45) is 1.80. The highest BCUT2D eigenvalue weighted by molar-refractivity contribution is 6.07. The standard InChI is InChI=1S/C22H25FN2O2/c1-2-25(16-18-6-4-3-5-7-18)21(27)22(13-14-22)20(26)24-15-12-17-8-10-19(23)11-9-17/h3-11H,2,12-16H2,1H3,(H,24,26). The van der Waals surface area contributed by atoms with Gasteiger partial charge >= 0.3 is 0 Å². The van der Waals surface area contributed by atoms with E-state index in [1.807, 2.05) is 37.3 Å². The molecule has 2 aromatic carbocycles. The van der Waals surface area contributed by atoms with Crippen LogP contribution in [0.5, 0.6) is 0 Å². The number of carbonyl (C=O) groups is 2. The molecule has 27 heavy (non-hydrogen) atoms. The molecule has 0 aromatic heterocycles. The molecule has 0 unspecified atom stereocenters. The number of rotatable bonds is 8. The molecule has 0 bridgehead atoms. The van der Waals surface area contributed by atoms with Crippen molar-refractivity contribution < 1.29 is 14.0 Å². The summed E-state index contributed by atoms with van der Waals surface area (Å²) < 4.78 is 12.9. The van der Waals surface area contributed by atoms with Gasteiger partial charge in [-0.05, 0) is 49.4 Å². The van der Waals surface area contributed by atoms with Crippen molar-refractivity contribution in [3.05, 3.63) is 71.5 Å². The first-order chi connectivity index (χ1) is 13.0. The number of carbonyl (C=O) groups excluding carboxylic acids is 2. The Bertz CT molecular complexity index is 786. The lowest BCUT2D eigenvalue weighted by atomic mass is 10.0. The average Bonchev–Trinajstić information content (AvgIpc) is 3.50. The van der Waals surface area contributed by atoms with Gasteiger partial charge in [-0.3, -0.25) is 9.59 Å². The van der Waals surface area contributed by atoms with E-state index in [0.29, 0.717) is 38.9 Å². The lowest BCUT2D eigenvalue weighted by molar-refractivity contribution is -0.144. The molecule has 4 nitrogen and oxygen atoms in total. The Morgan fingerprint density at radius 1 is 1.04 bits per heavy atom. The van der Waals surface area contributed by atoms with Crippen LogP contribution < -0.4 is 5.32 Å². The van der Waals surface area contributed by atoms with Crippen LogP contribution in [0.1, 0.15) is 30.9 Å². The number of nitrogens with one attached hydrogen (secondary N) is 1. The monoisotopic (exact) mass is 368 g/mol. The van der Waals surface area contributed by atoms with Crippen LogP contribution in [0.4, 0.5) is 4.39 Å². The summed E-state index contributed by atoms with van der Waals surface area (Å²) in [5, 5.41) is 2.89. The van der Waals surface area contributed by atoms with Crippen LogP contribution in [0.25, 0.3) is 0 Å². The maximum atomic E-state index is 13.0. The zero-order valence-corrected chi connectivity index (χ0v) is 15.6. The maximum Gasteiger partial charge on any atom is 0.238 e. The fourth-order valence-corrected chi connectivity index (χ4v) is 3.24. The minimum absolute atomic E-state index is 0.0897. The van der Waals surface area contributed by atoms with Crippen molar-refractivity contribution in [2.45, 2.75) is 32.7 Å². The van der Waals surface area contributed by atoms with E-state index in [4.69, 9.17) is 0 Å². The van der Waals surface area contributed by atoms with Crippen LogP contribution >= 0.6 is 0 Å². The van der Waals surface area contributed by atoms with Crippen LogP contribution in [0.15, 0.2) is 54.6 Å². The first-order valence-electron chi connectivity index (χ1n) is 9.41. The number of nitrogens with zero attached hydrogens (tertiary/aromatic N) is 1. The molecule has 2 aromatic rings. The van der Waals surface area contributed by atoms with Gasteiger partial charge in [-0.1, -0.05) is 42.5 Å². The van der Waals surface area contributed by atoms with Crippen molar-refractivity contribution in [1.29, 1.82) is 0 Å². The number of benzene rings is 2. The van der Waals surface area contributed by atoms with Gasteiger partial charge in [0.1, 0.15) is 11.2 Å². The van der Waals surface area contributed by atoms with Crippen LogP contribution in [0.2, 0.25) is 0 Å². The number of amides is 2. The highest BCUT2D eigenvalue weighted by Crippen LogP contribution is 2.47. The van der Waals surface area contributed by atoms with Crippen LogP contribution in [-0.4, -0.2) is 29.8 Å². The van der Waals surface area contributed by atoms with Crippen molar-refractivity contribution >= 4 is 11.8 Å². The highest BCUT2D eigenvalue weighted by Gasteiger charge is 2.57. The van der Waals surface area contributed by atoms with Gasteiger partial charge in [0, 0.05) is 19.6 Å². The van der Waals surface area contributed by atoms with E-state index in [2.05, 4.69) is 5.32 Å². The summed E-state index contributed by atoms with van der Waals surface area (Å²) in [7, 11) is 0. The minimum atomic E-state index is -0.909. The van der Waals surface area contributed by atoms with E-state index in [-0.39, 0.29) is 17.6 Å². The smallest absolute Gasteiger partial charge is 0.238 e. The summed E-state index contributed by atoms with van der Waals surface area (Å²) in [5.41, 5.74) is 1.10. The van der Waals surface area contributed by atoms with Crippen molar-refractivity contribution in [2.75, 3.05) is 13.1 Å². The first-order valence-corrected chi connectivity index (χ1v) is 9.41. The van der Waals surface area contributed by atoms with Gasteiger partial charge in [0.2, 0.25) is 11.8 Å². The summed E-state index contributed by atoms with van der Waals surface area (Å²) in [6, 6.07) is 16.0. The second kappa shape index (κ2) is 8.33. The molecule has 1 fully saturated rings. The maximum absolute atomic E-state index is 13.0. The summed E-state index contributed by atoms with van der Waals surface area (Å²) in [5.74, 6) is -0.558. The van der Waals surface area contributed by atoms with E-state index in [0.717, 1.165) is 11.1 Å². The molecule has 0 saturated heterocycles. The van der Waals surface area contributed by atoms with Gasteiger partial charge < -0.3 is 10.2 Å². The first kappa shape index (κ1) is 19.1. The molecule has 1 saturated carbocycles. The molecule has 142 valence electrons. The summed E-state index contributed by atoms with van der Waals surface area (Å²) in [4.78, 5) is 27.4. The van der Waals surface area contributed by atoms with Gasteiger partial charge in [0.05, 0.1) is 0 Å². The molecule has 0 spiro atoms. The number of hydrogen-bond acceptors (Lipinski definition) is 2. The third-order valence-electron chi connectivity index (χ3n) is 5.09. The Morgan fingerprint density at radius 3 is 2.30 bits per heavy atom. The third kappa shape index (κ3) is 4.54. The van der Waals surface area contributed by atoms with Crippen molar-refractivity contribution in [1.82, 2.24) is 10.2 Å². The number of halogens is 1. The Hall–Kier alpha value is -2.69. The minimum Gasteiger partial charge on any atom is -0.355 e. The molecule has 1 N–H and O–H groups in total. The molecular formula is C22H25FN2O2. The molecule has 1 aliphatic carbocycles. The highest BCUT2D eigenvalue weighted by atomic mass is 19.1. The molecule has 1 aliphatic rings.